The van der Waals surface area contributed by atoms with Crippen LogP contribution in [0.15, 0.2) is 12.1 Å². The molecule has 0 spiro atoms. The molecular weight excluding hydrogens is 250 g/mol. The molecule has 0 radical (unpaired) electrons. The summed E-state index contributed by atoms with van der Waals surface area (Å²) in [6.07, 6.45) is 5.44. The molecule has 2 rings (SSSR count). The lowest BCUT2D eigenvalue weighted by Gasteiger charge is -2.35. The van der Waals surface area contributed by atoms with Crippen LogP contribution in [-0.4, -0.2) is 6.04 Å². The van der Waals surface area contributed by atoms with E-state index in [-0.39, 0.29) is 5.41 Å². The molecule has 1 fully saturated rings. The number of hydrogen-bond acceptors (Lipinski definition) is 2. The predicted molar refractivity (Wildman–Crippen MR) is 85.9 cm³/mol. The summed E-state index contributed by atoms with van der Waals surface area (Å²) < 4.78 is 0. The fraction of sp³-hybridized carbons (Fsp3) is 0.765. The van der Waals surface area contributed by atoms with E-state index in [2.05, 4.69) is 52.1 Å². The Labute approximate surface area is 122 Å². The summed E-state index contributed by atoms with van der Waals surface area (Å²) in [5.74, 6) is 0. The van der Waals surface area contributed by atoms with Crippen molar-refractivity contribution in [2.45, 2.75) is 78.3 Å². The van der Waals surface area contributed by atoms with Crippen LogP contribution in [0.5, 0.6) is 0 Å². The lowest BCUT2D eigenvalue weighted by molar-refractivity contribution is 0.198. The maximum absolute atomic E-state index is 3.77. The van der Waals surface area contributed by atoms with Crippen molar-refractivity contribution in [2.24, 2.45) is 5.41 Å². The first-order valence-electron chi connectivity index (χ1n) is 7.59. The SMILES string of the molecule is CC1(C)CCCC(NCc2ccc(C(C)(C)C)s2)C1. The third-order valence-electron chi connectivity index (χ3n) is 4.17. The summed E-state index contributed by atoms with van der Waals surface area (Å²) in [6, 6.07) is 5.31. The first-order chi connectivity index (χ1) is 8.76. The molecule has 108 valence electrons. The maximum Gasteiger partial charge on any atom is 0.0302 e. The van der Waals surface area contributed by atoms with Gasteiger partial charge in [-0.05, 0) is 42.2 Å². The molecule has 1 aliphatic rings. The Hall–Kier alpha value is -0.340. The Morgan fingerprint density at radius 1 is 1.32 bits per heavy atom. The van der Waals surface area contributed by atoms with Gasteiger partial charge in [0, 0.05) is 22.3 Å². The van der Waals surface area contributed by atoms with Crippen LogP contribution in [0.1, 0.15) is 70.1 Å². The highest BCUT2D eigenvalue weighted by Crippen LogP contribution is 2.35. The van der Waals surface area contributed by atoms with Gasteiger partial charge in [-0.3, -0.25) is 0 Å². The molecule has 0 saturated heterocycles. The van der Waals surface area contributed by atoms with Gasteiger partial charge >= 0.3 is 0 Å². The lowest BCUT2D eigenvalue weighted by Crippen LogP contribution is -2.36. The van der Waals surface area contributed by atoms with Gasteiger partial charge < -0.3 is 5.32 Å². The monoisotopic (exact) mass is 279 g/mol. The minimum absolute atomic E-state index is 0.287. The largest absolute Gasteiger partial charge is 0.309 e. The van der Waals surface area contributed by atoms with Crippen LogP contribution in [0.3, 0.4) is 0 Å². The number of nitrogens with one attached hydrogen (secondary N) is 1. The second-order valence-electron chi connectivity index (χ2n) is 7.85. The first-order valence-corrected chi connectivity index (χ1v) is 8.40. The summed E-state index contributed by atoms with van der Waals surface area (Å²) in [6.45, 7) is 12.7. The van der Waals surface area contributed by atoms with Crippen LogP contribution in [0.2, 0.25) is 0 Å². The summed E-state index contributed by atoms with van der Waals surface area (Å²) in [7, 11) is 0. The zero-order chi connectivity index (χ0) is 14.1. The molecule has 1 aliphatic carbocycles. The smallest absolute Gasteiger partial charge is 0.0302 e. The minimum atomic E-state index is 0.287. The summed E-state index contributed by atoms with van der Waals surface area (Å²) in [4.78, 5) is 2.97. The quantitative estimate of drug-likeness (QED) is 0.811. The molecule has 0 amide bonds. The second-order valence-corrected chi connectivity index (χ2v) is 9.02. The van der Waals surface area contributed by atoms with Crippen LogP contribution < -0.4 is 5.32 Å². The van der Waals surface area contributed by atoms with Crippen LogP contribution in [0, 0.1) is 5.41 Å². The molecule has 1 atom stereocenters. The van der Waals surface area contributed by atoms with Crippen LogP contribution in [0.4, 0.5) is 0 Å². The maximum atomic E-state index is 3.77. The second kappa shape index (κ2) is 5.57. The van der Waals surface area contributed by atoms with Gasteiger partial charge in [0.05, 0.1) is 0 Å². The summed E-state index contributed by atoms with van der Waals surface area (Å²) in [5, 5.41) is 3.77. The lowest BCUT2D eigenvalue weighted by atomic mass is 9.75. The van der Waals surface area contributed by atoms with Crippen molar-refractivity contribution in [3.8, 4) is 0 Å². The number of thiophene rings is 1. The van der Waals surface area contributed by atoms with Gasteiger partial charge in [-0.1, -0.05) is 41.0 Å². The predicted octanol–water partition coefficient (Wildman–Crippen LogP) is 5.10. The molecule has 0 aromatic carbocycles. The van der Waals surface area contributed by atoms with Crippen molar-refractivity contribution in [3.05, 3.63) is 21.9 Å². The van der Waals surface area contributed by atoms with E-state index < -0.39 is 0 Å². The van der Waals surface area contributed by atoms with E-state index in [1.54, 1.807) is 0 Å². The van der Waals surface area contributed by atoms with Gasteiger partial charge in [-0.15, -0.1) is 11.3 Å². The molecule has 1 saturated carbocycles. The van der Waals surface area contributed by atoms with Gasteiger partial charge in [-0.2, -0.15) is 0 Å². The minimum Gasteiger partial charge on any atom is -0.309 e. The fourth-order valence-corrected chi connectivity index (χ4v) is 4.01. The highest BCUT2D eigenvalue weighted by molar-refractivity contribution is 7.12. The summed E-state index contributed by atoms with van der Waals surface area (Å²) >= 11 is 1.97. The topological polar surface area (TPSA) is 12.0 Å². The third kappa shape index (κ3) is 4.32. The molecule has 0 aliphatic heterocycles. The standard InChI is InChI=1S/C17H29NS/c1-16(2,3)15-9-8-14(19-15)12-18-13-7-6-10-17(4,5)11-13/h8-9,13,18H,6-7,10-12H2,1-5H3. The molecule has 1 heterocycles. The van der Waals surface area contributed by atoms with E-state index in [1.165, 1.54) is 35.4 Å². The number of hydrogen-bond donors (Lipinski definition) is 1. The molecule has 1 nitrogen and oxygen atoms in total. The number of rotatable bonds is 3. The highest BCUT2D eigenvalue weighted by atomic mass is 32.1. The molecule has 1 N–H and O–H groups in total. The normalized spacial score (nSPS) is 23.5. The summed E-state index contributed by atoms with van der Waals surface area (Å²) in [5.41, 5.74) is 0.817. The molecule has 1 aromatic heterocycles. The van der Waals surface area contributed by atoms with E-state index in [0.717, 1.165) is 6.54 Å². The zero-order valence-electron chi connectivity index (χ0n) is 13.2. The molecule has 0 bridgehead atoms. The van der Waals surface area contributed by atoms with Crippen LogP contribution in [-0.2, 0) is 12.0 Å². The van der Waals surface area contributed by atoms with E-state index in [1.807, 2.05) is 11.3 Å². The van der Waals surface area contributed by atoms with Crippen molar-refractivity contribution in [1.82, 2.24) is 5.32 Å². The van der Waals surface area contributed by atoms with E-state index in [9.17, 15) is 0 Å². The van der Waals surface area contributed by atoms with Crippen molar-refractivity contribution >= 4 is 11.3 Å². The Bertz CT molecular complexity index is 411. The Morgan fingerprint density at radius 2 is 2.05 bits per heavy atom. The molecule has 1 aromatic rings. The van der Waals surface area contributed by atoms with Gasteiger partial charge in [0.1, 0.15) is 0 Å². The Balaban J connectivity index is 1.87. The first kappa shape index (κ1) is 15.1. The molecule has 19 heavy (non-hydrogen) atoms. The van der Waals surface area contributed by atoms with Gasteiger partial charge in [0.2, 0.25) is 0 Å². The Morgan fingerprint density at radius 3 is 2.63 bits per heavy atom. The zero-order valence-corrected chi connectivity index (χ0v) is 14.0. The van der Waals surface area contributed by atoms with Crippen LogP contribution in [0.25, 0.3) is 0 Å². The Kier molecular flexibility index (Phi) is 4.42. The van der Waals surface area contributed by atoms with E-state index in [0.29, 0.717) is 11.5 Å². The average molecular weight is 279 g/mol. The van der Waals surface area contributed by atoms with Crippen molar-refractivity contribution in [1.29, 1.82) is 0 Å². The molecular formula is C17H29NS. The van der Waals surface area contributed by atoms with Gasteiger partial charge in [0.15, 0.2) is 0 Å². The van der Waals surface area contributed by atoms with Crippen molar-refractivity contribution in [2.75, 3.05) is 0 Å². The van der Waals surface area contributed by atoms with Gasteiger partial charge in [-0.25, -0.2) is 0 Å². The average Bonchev–Trinajstić information content (AvgIpc) is 2.73. The van der Waals surface area contributed by atoms with Gasteiger partial charge in [0.25, 0.3) is 0 Å². The fourth-order valence-electron chi connectivity index (χ4n) is 2.99. The van der Waals surface area contributed by atoms with E-state index >= 15 is 0 Å². The van der Waals surface area contributed by atoms with Crippen molar-refractivity contribution in [3.63, 3.8) is 0 Å². The van der Waals surface area contributed by atoms with E-state index in [4.69, 9.17) is 0 Å². The molecule has 2 heteroatoms. The van der Waals surface area contributed by atoms with Crippen molar-refractivity contribution < 1.29 is 0 Å². The molecule has 1 unspecified atom stereocenters. The van der Waals surface area contributed by atoms with Crippen LogP contribution >= 0.6 is 11.3 Å². The highest BCUT2D eigenvalue weighted by Gasteiger charge is 2.27. The third-order valence-corrected chi connectivity index (χ3v) is 5.68.